The number of nitrogen functional groups attached to an aromatic ring is 2. The fourth-order valence-corrected chi connectivity index (χ4v) is 2.92. The Labute approximate surface area is 146 Å². The smallest absolute Gasteiger partial charge is 0.234 e. The number of nitrogens with zero attached hydrogens (tertiary/aromatic N) is 3. The average molecular weight is 362 g/mol. The van der Waals surface area contributed by atoms with Crippen LogP contribution in [0.15, 0.2) is 6.07 Å². The van der Waals surface area contributed by atoms with Gasteiger partial charge in [0.25, 0.3) is 0 Å². The number of aliphatic hydroxyl groups is 1. The highest BCUT2D eigenvalue weighted by molar-refractivity contribution is 5.85. The molecule has 136 valence electrons. The number of piperidine rings is 1. The molecule has 2 saturated heterocycles. The number of rotatable bonds is 2. The minimum absolute atomic E-state index is 0. The number of quaternary nitrogens is 1. The number of hydrogen-bond acceptors (Lipinski definition) is 8. The Hall–Kier alpha value is -1.23. The van der Waals surface area contributed by atoms with Crippen LogP contribution in [0.25, 0.3) is 0 Å². The number of aliphatic hydroxyl groups excluding tert-OH is 1. The van der Waals surface area contributed by atoms with Gasteiger partial charge in [0.05, 0.1) is 51.8 Å². The maximum Gasteiger partial charge on any atom is 0.234 e. The number of nitrogens with two attached hydrogens (primary N) is 2. The molecule has 2 aliphatic rings. The van der Waals surface area contributed by atoms with Gasteiger partial charge in [0.1, 0.15) is 5.82 Å². The Morgan fingerprint density at radius 3 is 2.33 bits per heavy atom. The van der Waals surface area contributed by atoms with Crippen LogP contribution in [0.3, 0.4) is 0 Å². The fourth-order valence-electron chi connectivity index (χ4n) is 2.92. The molecule has 0 saturated carbocycles. The molecule has 0 aromatic carbocycles. The summed E-state index contributed by atoms with van der Waals surface area (Å²) >= 11 is 0. The second kappa shape index (κ2) is 6.58. The molecule has 0 bridgehead atoms. The summed E-state index contributed by atoms with van der Waals surface area (Å²) in [6, 6.07) is 1.47. The van der Waals surface area contributed by atoms with E-state index in [4.69, 9.17) is 20.9 Å². The lowest BCUT2D eigenvalue weighted by molar-refractivity contribution is -0.317. The molecule has 24 heavy (non-hydrogen) atoms. The van der Waals surface area contributed by atoms with Crippen molar-refractivity contribution in [3.8, 4) is 0 Å². The van der Waals surface area contributed by atoms with Crippen LogP contribution in [0.4, 0.5) is 17.6 Å². The number of hydroxylamine groups is 2. The topological polar surface area (TPSA) is 140 Å². The lowest BCUT2D eigenvalue weighted by atomic mass is 9.91. The van der Waals surface area contributed by atoms with Crippen molar-refractivity contribution in [2.45, 2.75) is 25.6 Å². The maximum atomic E-state index is 13.0. The molecule has 0 radical (unpaired) electrons. The summed E-state index contributed by atoms with van der Waals surface area (Å²) in [4.78, 5) is 7.82. The molecule has 1 spiro atoms. The van der Waals surface area contributed by atoms with Crippen molar-refractivity contribution in [2.24, 2.45) is 5.41 Å². The van der Waals surface area contributed by atoms with E-state index in [0.29, 0.717) is 26.1 Å². The molecule has 5 N–H and O–H groups in total. The van der Waals surface area contributed by atoms with E-state index in [-0.39, 0.29) is 55.1 Å². The van der Waals surface area contributed by atoms with Crippen LogP contribution < -0.4 is 16.1 Å². The zero-order valence-electron chi connectivity index (χ0n) is 13.6. The third kappa shape index (κ3) is 3.56. The largest absolute Gasteiger partial charge is 0.626 e. The molecule has 0 aliphatic carbocycles. The number of halogens is 1. The summed E-state index contributed by atoms with van der Waals surface area (Å²) in [6.45, 7) is 3.25. The second-order valence-corrected chi connectivity index (χ2v) is 6.80. The lowest BCUT2D eigenvalue weighted by Gasteiger charge is -2.52. The highest BCUT2D eigenvalue weighted by atomic mass is 35.5. The van der Waals surface area contributed by atoms with Crippen molar-refractivity contribution < 1.29 is 14.6 Å². The van der Waals surface area contributed by atoms with Crippen LogP contribution in [-0.4, -0.2) is 53.8 Å². The Bertz CT molecular complexity index is 564. The normalized spacial score (nSPS) is 36.3. The summed E-state index contributed by atoms with van der Waals surface area (Å²) in [6.07, 6.45) is 0.893. The number of aromatic nitrogens is 2. The fraction of sp³-hybridized carbons (Fsp3) is 0.714. The molecular weight excluding hydrogens is 338 g/mol. The van der Waals surface area contributed by atoms with Gasteiger partial charge in [-0.2, -0.15) is 9.97 Å². The van der Waals surface area contributed by atoms with Crippen LogP contribution in [0.1, 0.15) is 19.8 Å². The molecule has 2 aliphatic heterocycles. The van der Waals surface area contributed by atoms with Crippen LogP contribution in [0.5, 0.6) is 0 Å². The zero-order chi connectivity index (χ0) is 16.7. The Balaban J connectivity index is 0.00000208. The molecule has 0 unspecified atom stereocenters. The van der Waals surface area contributed by atoms with Crippen LogP contribution in [0.2, 0.25) is 0 Å². The van der Waals surface area contributed by atoms with Gasteiger partial charge >= 0.3 is 0 Å². The quantitative estimate of drug-likeness (QED) is 0.508. The van der Waals surface area contributed by atoms with Gasteiger partial charge in [0.2, 0.25) is 11.8 Å². The molecule has 10 heteroatoms. The predicted octanol–water partition coefficient (Wildman–Crippen LogP) is 0.403. The van der Waals surface area contributed by atoms with E-state index < -0.39 is 10.4 Å². The summed E-state index contributed by atoms with van der Waals surface area (Å²) in [7, 11) is 0. The van der Waals surface area contributed by atoms with E-state index in [9.17, 15) is 10.3 Å². The predicted molar refractivity (Wildman–Crippen MR) is 92.1 cm³/mol. The zero-order valence-corrected chi connectivity index (χ0v) is 14.4. The molecule has 3 heterocycles. The van der Waals surface area contributed by atoms with Crippen molar-refractivity contribution >= 4 is 30.0 Å². The molecule has 0 amide bonds. The first-order valence-corrected chi connectivity index (χ1v) is 7.66. The van der Waals surface area contributed by atoms with Crippen molar-refractivity contribution in [3.63, 3.8) is 0 Å². The Kier molecular flexibility index (Phi) is 5.24. The van der Waals surface area contributed by atoms with Crippen molar-refractivity contribution in [1.82, 2.24) is 14.6 Å². The van der Waals surface area contributed by atoms with Crippen molar-refractivity contribution in [3.05, 3.63) is 11.3 Å². The minimum atomic E-state index is -0.745. The molecule has 0 atom stereocenters. The third-order valence-electron chi connectivity index (χ3n) is 4.62. The molecule has 9 nitrogen and oxygen atoms in total. The molecule has 3 rings (SSSR count). The Morgan fingerprint density at radius 1 is 1.25 bits per heavy atom. The summed E-state index contributed by atoms with van der Waals surface area (Å²) in [5.41, 5.74) is 10.8. The lowest BCUT2D eigenvalue weighted by Crippen LogP contribution is -2.60. The third-order valence-corrected chi connectivity index (χ3v) is 4.62. The highest BCUT2D eigenvalue weighted by Crippen LogP contribution is 2.39. The number of ether oxygens (including phenoxy) is 2. The van der Waals surface area contributed by atoms with E-state index in [0.717, 1.165) is 0 Å². The van der Waals surface area contributed by atoms with Gasteiger partial charge in [-0.25, -0.2) is 0 Å². The van der Waals surface area contributed by atoms with E-state index in [1.165, 1.54) is 6.07 Å². The monoisotopic (exact) mass is 361 g/mol. The SMILES string of the molecule is CC1(CO)COC2(CC[N+]([O-])(c3cc(N)nc(N)n3)CC2)OC1.Cl. The average Bonchev–Trinajstić information content (AvgIpc) is 2.53. The van der Waals surface area contributed by atoms with E-state index >= 15 is 0 Å². The van der Waals surface area contributed by atoms with E-state index in [1.54, 1.807) is 0 Å². The van der Waals surface area contributed by atoms with E-state index in [1.807, 2.05) is 6.92 Å². The first kappa shape index (κ1) is 19.1. The van der Waals surface area contributed by atoms with Gasteiger partial charge in [-0.3, -0.25) is 0 Å². The summed E-state index contributed by atoms with van der Waals surface area (Å²) in [5.74, 6) is -0.297. The van der Waals surface area contributed by atoms with Crippen LogP contribution >= 0.6 is 12.4 Å². The second-order valence-electron chi connectivity index (χ2n) is 6.80. The van der Waals surface area contributed by atoms with E-state index in [2.05, 4.69) is 9.97 Å². The van der Waals surface area contributed by atoms with Gasteiger partial charge in [-0.05, 0) is 0 Å². The molecule has 1 aromatic heterocycles. The van der Waals surface area contributed by atoms with Crippen molar-refractivity contribution in [1.29, 1.82) is 0 Å². The number of anilines is 2. The van der Waals surface area contributed by atoms with Crippen LogP contribution in [0, 0.1) is 10.6 Å². The maximum absolute atomic E-state index is 13.0. The first-order valence-electron chi connectivity index (χ1n) is 7.66. The highest BCUT2D eigenvalue weighted by Gasteiger charge is 2.47. The molecule has 1 aromatic rings. The number of hydrogen-bond donors (Lipinski definition) is 3. The summed E-state index contributed by atoms with van der Waals surface area (Å²) in [5, 5.41) is 22.4. The van der Waals surface area contributed by atoms with Gasteiger partial charge < -0.3 is 35.9 Å². The minimum Gasteiger partial charge on any atom is -0.626 e. The van der Waals surface area contributed by atoms with Gasteiger partial charge in [-0.15, -0.1) is 12.4 Å². The van der Waals surface area contributed by atoms with Gasteiger partial charge in [0.15, 0.2) is 5.79 Å². The van der Waals surface area contributed by atoms with Crippen LogP contribution in [-0.2, 0) is 9.47 Å². The molecular formula is C14H24ClN5O4. The Morgan fingerprint density at radius 2 is 1.83 bits per heavy atom. The van der Waals surface area contributed by atoms with Crippen molar-refractivity contribution in [2.75, 3.05) is 44.4 Å². The standard InChI is InChI=1S/C14H23N5O4.ClH/c1-13(7-20)8-22-14(23-9-13)2-4-19(21,5-3-14)11-6-10(15)17-12(16)18-11;/h6,20H,2-5,7-9H2,1H3,(H4,15,16,17,18);1H. The van der Waals surface area contributed by atoms with Gasteiger partial charge in [0, 0.05) is 5.41 Å². The molecule has 2 fully saturated rings. The summed E-state index contributed by atoms with van der Waals surface area (Å²) < 4.78 is 11.1. The van der Waals surface area contributed by atoms with Gasteiger partial charge in [-0.1, -0.05) is 6.92 Å². The first-order chi connectivity index (χ1) is 10.8.